The van der Waals surface area contributed by atoms with Crippen LogP contribution in [0.4, 0.5) is 0 Å². The van der Waals surface area contributed by atoms with Crippen molar-refractivity contribution in [3.8, 4) is 11.4 Å². The van der Waals surface area contributed by atoms with Crippen LogP contribution in [0, 0.1) is 20.8 Å². The lowest BCUT2D eigenvalue weighted by Gasteiger charge is -2.09. The third kappa shape index (κ3) is 2.38. The van der Waals surface area contributed by atoms with Gasteiger partial charge < -0.3 is 15.0 Å². The van der Waals surface area contributed by atoms with E-state index in [0.29, 0.717) is 13.2 Å². The first-order valence-corrected chi connectivity index (χ1v) is 6.09. The summed E-state index contributed by atoms with van der Waals surface area (Å²) in [7, 11) is 0. The number of ether oxygens (including phenoxy) is 1. The Bertz CT molecular complexity index is 529. The van der Waals surface area contributed by atoms with Crippen LogP contribution in [0.2, 0.25) is 0 Å². The first-order valence-electron chi connectivity index (χ1n) is 6.09. The minimum Gasteiger partial charge on any atom is -0.492 e. The number of rotatable bonds is 4. The molecule has 1 aromatic heterocycles. The molecule has 0 aliphatic carbocycles. The van der Waals surface area contributed by atoms with E-state index in [4.69, 9.17) is 10.5 Å². The second-order valence-electron chi connectivity index (χ2n) is 4.30. The molecule has 0 atom stereocenters. The largest absolute Gasteiger partial charge is 0.492 e. The average molecular weight is 245 g/mol. The summed E-state index contributed by atoms with van der Waals surface area (Å²) in [5.41, 5.74) is 8.74. The predicted octanol–water partition coefficient (Wildman–Crippen LogP) is 2.14. The number of benzene rings is 1. The van der Waals surface area contributed by atoms with Crippen molar-refractivity contribution in [3.05, 3.63) is 41.5 Å². The standard InChI is InChI=1S/C14H19N3O/c1-10-11(2)17(12(3)16-10)13-4-6-14(7-5-13)18-9-8-15/h4-7H,8-9,15H2,1-3H3. The summed E-state index contributed by atoms with van der Waals surface area (Å²) in [5, 5.41) is 0. The van der Waals surface area contributed by atoms with E-state index in [1.807, 2.05) is 38.1 Å². The van der Waals surface area contributed by atoms with Gasteiger partial charge in [0.15, 0.2) is 0 Å². The van der Waals surface area contributed by atoms with Gasteiger partial charge in [0.2, 0.25) is 0 Å². The quantitative estimate of drug-likeness (QED) is 0.897. The van der Waals surface area contributed by atoms with E-state index in [0.717, 1.165) is 23.0 Å². The van der Waals surface area contributed by atoms with Gasteiger partial charge in [0, 0.05) is 17.9 Å². The highest BCUT2D eigenvalue weighted by Crippen LogP contribution is 2.20. The molecule has 0 bridgehead atoms. The van der Waals surface area contributed by atoms with Gasteiger partial charge in [0.25, 0.3) is 0 Å². The summed E-state index contributed by atoms with van der Waals surface area (Å²) in [5.74, 6) is 1.84. The molecule has 2 rings (SSSR count). The van der Waals surface area contributed by atoms with Gasteiger partial charge >= 0.3 is 0 Å². The van der Waals surface area contributed by atoms with Gasteiger partial charge in [-0.3, -0.25) is 0 Å². The molecular weight excluding hydrogens is 226 g/mol. The smallest absolute Gasteiger partial charge is 0.119 e. The minimum atomic E-state index is 0.528. The highest BCUT2D eigenvalue weighted by atomic mass is 16.5. The van der Waals surface area contributed by atoms with E-state index in [-0.39, 0.29) is 0 Å². The van der Waals surface area contributed by atoms with Gasteiger partial charge in [0.1, 0.15) is 18.2 Å². The maximum Gasteiger partial charge on any atom is 0.119 e. The first kappa shape index (κ1) is 12.6. The van der Waals surface area contributed by atoms with Crippen LogP contribution < -0.4 is 10.5 Å². The topological polar surface area (TPSA) is 53.1 Å². The first-order chi connectivity index (χ1) is 8.63. The Balaban J connectivity index is 2.29. The number of imidazole rings is 1. The molecule has 1 aromatic carbocycles. The zero-order chi connectivity index (χ0) is 13.1. The predicted molar refractivity (Wildman–Crippen MR) is 72.3 cm³/mol. The second kappa shape index (κ2) is 5.23. The number of aryl methyl sites for hydroxylation is 2. The highest BCUT2D eigenvalue weighted by molar-refractivity contribution is 5.40. The molecule has 0 aliphatic rings. The summed E-state index contributed by atoms with van der Waals surface area (Å²) < 4.78 is 7.60. The third-order valence-corrected chi connectivity index (χ3v) is 2.99. The molecule has 0 fully saturated rings. The van der Waals surface area contributed by atoms with Crippen molar-refractivity contribution in [2.45, 2.75) is 20.8 Å². The number of nitrogens with zero attached hydrogens (tertiary/aromatic N) is 2. The molecule has 96 valence electrons. The maximum absolute atomic E-state index is 5.46. The molecule has 0 unspecified atom stereocenters. The van der Waals surface area contributed by atoms with Crippen molar-refractivity contribution in [1.82, 2.24) is 9.55 Å². The molecule has 0 saturated heterocycles. The van der Waals surface area contributed by atoms with Crippen LogP contribution in [0.25, 0.3) is 5.69 Å². The molecule has 18 heavy (non-hydrogen) atoms. The highest BCUT2D eigenvalue weighted by Gasteiger charge is 2.08. The Morgan fingerprint density at radius 2 is 1.83 bits per heavy atom. The van der Waals surface area contributed by atoms with E-state index in [1.54, 1.807) is 0 Å². The fourth-order valence-corrected chi connectivity index (χ4v) is 2.03. The number of hydrogen-bond acceptors (Lipinski definition) is 3. The molecule has 0 aliphatic heterocycles. The van der Waals surface area contributed by atoms with E-state index in [9.17, 15) is 0 Å². The fourth-order valence-electron chi connectivity index (χ4n) is 2.03. The minimum absolute atomic E-state index is 0.528. The molecule has 0 spiro atoms. The molecule has 0 radical (unpaired) electrons. The van der Waals surface area contributed by atoms with Crippen LogP contribution in [-0.4, -0.2) is 22.7 Å². The van der Waals surface area contributed by atoms with Crippen molar-refractivity contribution < 1.29 is 4.74 Å². The molecule has 4 heteroatoms. The molecular formula is C14H19N3O. The van der Waals surface area contributed by atoms with Gasteiger partial charge in [0.05, 0.1) is 5.69 Å². The molecule has 4 nitrogen and oxygen atoms in total. The van der Waals surface area contributed by atoms with Crippen LogP contribution >= 0.6 is 0 Å². The zero-order valence-corrected chi connectivity index (χ0v) is 11.1. The summed E-state index contributed by atoms with van der Waals surface area (Å²) in [6, 6.07) is 7.98. The monoisotopic (exact) mass is 245 g/mol. The molecule has 2 aromatic rings. The van der Waals surface area contributed by atoms with E-state index < -0.39 is 0 Å². The Hall–Kier alpha value is -1.81. The van der Waals surface area contributed by atoms with Crippen molar-refractivity contribution in [2.24, 2.45) is 5.73 Å². The van der Waals surface area contributed by atoms with E-state index in [1.165, 1.54) is 5.69 Å². The van der Waals surface area contributed by atoms with Gasteiger partial charge in [-0.1, -0.05) is 0 Å². The van der Waals surface area contributed by atoms with Crippen molar-refractivity contribution in [1.29, 1.82) is 0 Å². The van der Waals surface area contributed by atoms with Crippen LogP contribution in [0.15, 0.2) is 24.3 Å². The van der Waals surface area contributed by atoms with Crippen LogP contribution in [0.3, 0.4) is 0 Å². The summed E-state index contributed by atoms with van der Waals surface area (Å²) in [6.45, 7) is 7.19. The summed E-state index contributed by atoms with van der Waals surface area (Å²) in [6.07, 6.45) is 0. The lowest BCUT2D eigenvalue weighted by molar-refractivity contribution is 0.328. The number of aromatic nitrogens is 2. The lowest BCUT2D eigenvalue weighted by Crippen LogP contribution is -2.10. The van der Waals surface area contributed by atoms with Gasteiger partial charge in [-0.25, -0.2) is 4.98 Å². The number of nitrogens with two attached hydrogens (primary N) is 1. The Labute approximate surface area is 107 Å². The van der Waals surface area contributed by atoms with Crippen LogP contribution in [0.5, 0.6) is 5.75 Å². The van der Waals surface area contributed by atoms with Crippen molar-refractivity contribution in [3.63, 3.8) is 0 Å². The Kier molecular flexibility index (Phi) is 3.67. The Morgan fingerprint density at radius 3 is 2.33 bits per heavy atom. The van der Waals surface area contributed by atoms with Crippen LogP contribution in [-0.2, 0) is 0 Å². The SMILES string of the molecule is Cc1nc(C)n(-c2ccc(OCCN)cc2)c1C. The Morgan fingerprint density at radius 1 is 1.17 bits per heavy atom. The van der Waals surface area contributed by atoms with Gasteiger partial charge in [-0.15, -0.1) is 0 Å². The summed E-state index contributed by atoms with van der Waals surface area (Å²) in [4.78, 5) is 4.47. The third-order valence-electron chi connectivity index (χ3n) is 2.99. The van der Waals surface area contributed by atoms with Gasteiger partial charge in [-0.2, -0.15) is 0 Å². The van der Waals surface area contributed by atoms with Crippen LogP contribution in [0.1, 0.15) is 17.2 Å². The maximum atomic E-state index is 5.46. The van der Waals surface area contributed by atoms with Gasteiger partial charge in [-0.05, 0) is 45.0 Å². The zero-order valence-electron chi connectivity index (χ0n) is 11.1. The second-order valence-corrected chi connectivity index (χ2v) is 4.30. The van der Waals surface area contributed by atoms with E-state index >= 15 is 0 Å². The normalized spacial score (nSPS) is 10.7. The lowest BCUT2D eigenvalue weighted by atomic mass is 10.2. The number of hydrogen-bond donors (Lipinski definition) is 1. The molecule has 1 heterocycles. The average Bonchev–Trinajstić information content (AvgIpc) is 2.62. The summed E-state index contributed by atoms with van der Waals surface area (Å²) >= 11 is 0. The molecule has 0 amide bonds. The molecule has 0 saturated carbocycles. The van der Waals surface area contributed by atoms with Crippen molar-refractivity contribution >= 4 is 0 Å². The molecule has 2 N–H and O–H groups in total. The van der Waals surface area contributed by atoms with E-state index in [2.05, 4.69) is 16.5 Å². The van der Waals surface area contributed by atoms with Crippen molar-refractivity contribution in [2.75, 3.05) is 13.2 Å². The fraction of sp³-hybridized carbons (Fsp3) is 0.357.